The predicted octanol–water partition coefficient (Wildman–Crippen LogP) is 0.488. The quantitative estimate of drug-likeness (QED) is 0.672. The van der Waals surface area contributed by atoms with Crippen LogP contribution in [0, 0.1) is 0 Å². The summed E-state index contributed by atoms with van der Waals surface area (Å²) in [7, 11) is 1.67. The lowest BCUT2D eigenvalue weighted by Gasteiger charge is -2.07. The third-order valence-corrected chi connectivity index (χ3v) is 2.69. The molecule has 0 saturated carbocycles. The van der Waals surface area contributed by atoms with Crippen molar-refractivity contribution in [3.63, 3.8) is 0 Å². The van der Waals surface area contributed by atoms with Crippen molar-refractivity contribution >= 4 is 0 Å². The van der Waals surface area contributed by atoms with E-state index in [4.69, 9.17) is 9.47 Å². The first-order valence-electron chi connectivity index (χ1n) is 6.52. The number of methoxy groups -OCH3 is 1. The molecule has 1 heterocycles. The smallest absolute Gasteiger partial charge is 0.165 e. The molecule has 7 nitrogen and oxygen atoms in total. The van der Waals surface area contributed by atoms with Crippen LogP contribution in [-0.4, -0.2) is 47.1 Å². The van der Waals surface area contributed by atoms with Crippen molar-refractivity contribution in [3.05, 3.63) is 36.2 Å². The Labute approximate surface area is 117 Å². The van der Waals surface area contributed by atoms with E-state index in [2.05, 4.69) is 20.8 Å². The lowest BCUT2D eigenvalue weighted by atomic mass is 10.3. The lowest BCUT2D eigenvalue weighted by Crippen LogP contribution is -2.22. The Kier molecular flexibility index (Phi) is 5.94. The SMILES string of the molecule is COCCNCc1nnnn1CCOc1ccccc1. The number of nitrogens with zero attached hydrogens (tertiary/aromatic N) is 4. The molecule has 20 heavy (non-hydrogen) atoms. The molecule has 1 N–H and O–H groups in total. The van der Waals surface area contributed by atoms with Gasteiger partial charge in [-0.2, -0.15) is 0 Å². The monoisotopic (exact) mass is 277 g/mol. The molecule has 0 aliphatic carbocycles. The maximum Gasteiger partial charge on any atom is 0.165 e. The summed E-state index contributed by atoms with van der Waals surface area (Å²) < 4.78 is 12.3. The topological polar surface area (TPSA) is 74.1 Å². The summed E-state index contributed by atoms with van der Waals surface area (Å²) in [6.45, 7) is 3.19. The largest absolute Gasteiger partial charge is 0.492 e. The second-order valence-electron chi connectivity index (χ2n) is 4.15. The Bertz CT molecular complexity index is 489. The first-order valence-corrected chi connectivity index (χ1v) is 6.52. The minimum absolute atomic E-state index is 0.528. The van der Waals surface area contributed by atoms with Gasteiger partial charge < -0.3 is 14.8 Å². The van der Waals surface area contributed by atoms with Gasteiger partial charge >= 0.3 is 0 Å². The summed E-state index contributed by atoms with van der Waals surface area (Å²) in [6.07, 6.45) is 0. The average molecular weight is 277 g/mol. The highest BCUT2D eigenvalue weighted by Gasteiger charge is 2.05. The minimum atomic E-state index is 0.528. The molecule has 0 aliphatic heterocycles. The maximum atomic E-state index is 5.62. The maximum absolute atomic E-state index is 5.62. The van der Waals surface area contributed by atoms with Crippen LogP contribution >= 0.6 is 0 Å². The third kappa shape index (κ3) is 4.60. The normalized spacial score (nSPS) is 10.7. The molecule has 1 aromatic heterocycles. The fraction of sp³-hybridized carbons (Fsp3) is 0.462. The van der Waals surface area contributed by atoms with Crippen molar-refractivity contribution < 1.29 is 9.47 Å². The van der Waals surface area contributed by atoms with Crippen molar-refractivity contribution in [2.24, 2.45) is 0 Å². The Morgan fingerprint density at radius 3 is 2.85 bits per heavy atom. The van der Waals surface area contributed by atoms with Crippen LogP contribution in [0.1, 0.15) is 5.82 Å². The van der Waals surface area contributed by atoms with E-state index in [0.717, 1.165) is 18.1 Å². The molecule has 0 aliphatic rings. The van der Waals surface area contributed by atoms with Crippen LogP contribution in [0.15, 0.2) is 30.3 Å². The van der Waals surface area contributed by atoms with E-state index in [-0.39, 0.29) is 0 Å². The zero-order chi connectivity index (χ0) is 14.0. The molecule has 0 unspecified atom stereocenters. The van der Waals surface area contributed by atoms with Crippen molar-refractivity contribution in [2.75, 3.05) is 26.9 Å². The van der Waals surface area contributed by atoms with Gasteiger partial charge in [0.15, 0.2) is 5.82 Å². The fourth-order valence-corrected chi connectivity index (χ4v) is 1.66. The Morgan fingerprint density at radius 2 is 2.05 bits per heavy atom. The highest BCUT2D eigenvalue weighted by Crippen LogP contribution is 2.08. The number of ether oxygens (including phenoxy) is 2. The number of hydrogen-bond donors (Lipinski definition) is 1. The minimum Gasteiger partial charge on any atom is -0.492 e. The molecule has 2 rings (SSSR count). The van der Waals surface area contributed by atoms with Crippen molar-refractivity contribution in [2.45, 2.75) is 13.1 Å². The van der Waals surface area contributed by atoms with Gasteiger partial charge in [0.1, 0.15) is 12.4 Å². The Morgan fingerprint density at radius 1 is 1.20 bits per heavy atom. The molecule has 0 saturated heterocycles. The van der Waals surface area contributed by atoms with Crippen LogP contribution < -0.4 is 10.1 Å². The van der Waals surface area contributed by atoms with Gasteiger partial charge in [-0.15, -0.1) is 5.10 Å². The second-order valence-corrected chi connectivity index (χ2v) is 4.15. The molecule has 0 atom stereocenters. The van der Waals surface area contributed by atoms with Gasteiger partial charge in [0, 0.05) is 13.7 Å². The van der Waals surface area contributed by atoms with Gasteiger partial charge in [-0.3, -0.25) is 0 Å². The molecule has 0 radical (unpaired) electrons. The van der Waals surface area contributed by atoms with Gasteiger partial charge in [-0.25, -0.2) is 4.68 Å². The van der Waals surface area contributed by atoms with E-state index in [1.807, 2.05) is 30.3 Å². The van der Waals surface area contributed by atoms with E-state index in [9.17, 15) is 0 Å². The number of benzene rings is 1. The van der Waals surface area contributed by atoms with Crippen molar-refractivity contribution in [1.82, 2.24) is 25.5 Å². The number of hydrogen-bond acceptors (Lipinski definition) is 6. The summed E-state index contributed by atoms with van der Waals surface area (Å²) in [4.78, 5) is 0. The summed E-state index contributed by atoms with van der Waals surface area (Å²) in [5.41, 5.74) is 0. The Hall–Kier alpha value is -1.99. The molecule has 108 valence electrons. The number of nitrogens with one attached hydrogen (secondary N) is 1. The molecule has 0 fully saturated rings. The fourth-order valence-electron chi connectivity index (χ4n) is 1.66. The summed E-state index contributed by atoms with van der Waals surface area (Å²) in [6, 6.07) is 9.69. The average Bonchev–Trinajstić information content (AvgIpc) is 2.92. The third-order valence-electron chi connectivity index (χ3n) is 2.69. The zero-order valence-electron chi connectivity index (χ0n) is 11.5. The molecule has 1 aromatic carbocycles. The van der Waals surface area contributed by atoms with Crippen LogP contribution in [0.25, 0.3) is 0 Å². The van der Waals surface area contributed by atoms with Crippen LogP contribution in [0.2, 0.25) is 0 Å². The van der Waals surface area contributed by atoms with Gasteiger partial charge in [0.25, 0.3) is 0 Å². The van der Waals surface area contributed by atoms with Crippen LogP contribution in [0.4, 0.5) is 0 Å². The molecular weight excluding hydrogens is 258 g/mol. The first-order chi connectivity index (χ1) is 9.90. The van der Waals surface area contributed by atoms with Crippen molar-refractivity contribution in [3.8, 4) is 5.75 Å². The van der Waals surface area contributed by atoms with E-state index >= 15 is 0 Å². The number of para-hydroxylation sites is 1. The number of aromatic nitrogens is 4. The number of rotatable bonds is 9. The zero-order valence-corrected chi connectivity index (χ0v) is 11.5. The van der Waals surface area contributed by atoms with Crippen LogP contribution in [0.5, 0.6) is 5.75 Å². The highest BCUT2D eigenvalue weighted by atomic mass is 16.5. The molecule has 0 bridgehead atoms. The van der Waals surface area contributed by atoms with Crippen molar-refractivity contribution in [1.29, 1.82) is 0 Å². The van der Waals surface area contributed by atoms with Gasteiger partial charge in [-0.1, -0.05) is 18.2 Å². The van der Waals surface area contributed by atoms with Crippen LogP contribution in [0.3, 0.4) is 0 Å². The standard InChI is InChI=1S/C13H19N5O2/c1-19-9-7-14-11-13-15-16-17-18(13)8-10-20-12-5-3-2-4-6-12/h2-6,14H,7-11H2,1H3. The summed E-state index contributed by atoms with van der Waals surface area (Å²) >= 11 is 0. The van der Waals surface area contributed by atoms with E-state index in [0.29, 0.717) is 26.3 Å². The molecule has 2 aromatic rings. The lowest BCUT2D eigenvalue weighted by molar-refractivity contribution is 0.198. The highest BCUT2D eigenvalue weighted by molar-refractivity contribution is 5.20. The van der Waals surface area contributed by atoms with Gasteiger partial charge in [0.2, 0.25) is 0 Å². The number of tetrazole rings is 1. The second kappa shape index (κ2) is 8.23. The van der Waals surface area contributed by atoms with E-state index in [1.165, 1.54) is 0 Å². The van der Waals surface area contributed by atoms with E-state index < -0.39 is 0 Å². The Balaban J connectivity index is 1.74. The summed E-state index contributed by atoms with van der Waals surface area (Å²) in [5.74, 6) is 1.64. The van der Waals surface area contributed by atoms with Crippen LogP contribution in [-0.2, 0) is 17.8 Å². The molecule has 0 amide bonds. The summed E-state index contributed by atoms with van der Waals surface area (Å²) in [5, 5.41) is 14.8. The molecular formula is C13H19N5O2. The first kappa shape index (κ1) is 14.4. The van der Waals surface area contributed by atoms with E-state index in [1.54, 1.807) is 11.8 Å². The van der Waals surface area contributed by atoms with Gasteiger partial charge in [-0.05, 0) is 22.6 Å². The molecule has 7 heteroatoms. The van der Waals surface area contributed by atoms with Gasteiger partial charge in [0.05, 0.1) is 19.7 Å². The predicted molar refractivity (Wildman–Crippen MR) is 73.3 cm³/mol. The molecule has 0 spiro atoms.